The number of aromatic amines is 1. The lowest BCUT2D eigenvalue weighted by atomic mass is 10.1. The molecule has 4 aromatic rings. The van der Waals surface area contributed by atoms with E-state index in [0.717, 1.165) is 28.0 Å². The Hall–Kier alpha value is -4.00. The standard InChI is InChI=1S/C21H16N4O3/c26-21(16-5-1-4-8-19(16)25(27)28)22-13-14-9-11-15(12-10-14)20-23-17-6-2-3-7-18(17)24-20/h1-12H,13H2,(H,22,26)(H,23,24). The van der Waals surface area contributed by atoms with Crippen LogP contribution in [0.1, 0.15) is 15.9 Å². The summed E-state index contributed by atoms with van der Waals surface area (Å²) in [6.07, 6.45) is 0. The number of para-hydroxylation sites is 3. The minimum Gasteiger partial charge on any atom is -0.348 e. The summed E-state index contributed by atoms with van der Waals surface area (Å²) >= 11 is 0. The summed E-state index contributed by atoms with van der Waals surface area (Å²) in [7, 11) is 0. The lowest BCUT2D eigenvalue weighted by molar-refractivity contribution is -0.385. The predicted octanol–water partition coefficient (Wildman–Crippen LogP) is 4.07. The van der Waals surface area contributed by atoms with Crippen LogP contribution in [-0.4, -0.2) is 20.8 Å². The van der Waals surface area contributed by atoms with Gasteiger partial charge in [-0.05, 0) is 23.8 Å². The van der Waals surface area contributed by atoms with Crippen LogP contribution in [0.5, 0.6) is 0 Å². The molecule has 0 saturated heterocycles. The summed E-state index contributed by atoms with van der Waals surface area (Å²) in [6.45, 7) is 0.269. The molecule has 1 amide bonds. The van der Waals surface area contributed by atoms with Crippen molar-refractivity contribution in [3.63, 3.8) is 0 Å². The molecule has 7 nitrogen and oxygen atoms in total. The minimum absolute atomic E-state index is 0.0476. The molecule has 1 aromatic heterocycles. The van der Waals surface area contributed by atoms with Gasteiger partial charge in [-0.25, -0.2) is 4.98 Å². The fourth-order valence-electron chi connectivity index (χ4n) is 2.97. The van der Waals surface area contributed by atoms with Crippen LogP contribution < -0.4 is 5.32 Å². The molecule has 0 spiro atoms. The van der Waals surface area contributed by atoms with E-state index in [-0.39, 0.29) is 17.8 Å². The SMILES string of the molecule is O=C(NCc1ccc(-c2nc3ccccc3[nH]2)cc1)c1ccccc1[N+](=O)[O-]. The van der Waals surface area contributed by atoms with Crippen LogP contribution >= 0.6 is 0 Å². The minimum atomic E-state index is -0.558. The Balaban J connectivity index is 1.46. The number of H-pyrrole nitrogens is 1. The lowest BCUT2D eigenvalue weighted by Crippen LogP contribution is -2.23. The van der Waals surface area contributed by atoms with Gasteiger partial charge in [0.2, 0.25) is 0 Å². The number of imidazole rings is 1. The van der Waals surface area contributed by atoms with E-state index < -0.39 is 10.8 Å². The summed E-state index contributed by atoms with van der Waals surface area (Å²) in [4.78, 5) is 30.6. The van der Waals surface area contributed by atoms with Crippen LogP contribution in [0.4, 0.5) is 5.69 Å². The third-order valence-corrected chi connectivity index (χ3v) is 4.42. The molecular weight excluding hydrogens is 356 g/mol. The van der Waals surface area contributed by atoms with E-state index in [9.17, 15) is 14.9 Å². The highest BCUT2D eigenvalue weighted by atomic mass is 16.6. The zero-order chi connectivity index (χ0) is 19.5. The number of fused-ring (bicyclic) bond motifs is 1. The molecule has 3 aromatic carbocycles. The molecule has 1 heterocycles. The van der Waals surface area contributed by atoms with Crippen LogP contribution in [0, 0.1) is 10.1 Å². The number of benzene rings is 3. The summed E-state index contributed by atoms with van der Waals surface area (Å²) in [5.41, 5.74) is 3.53. The number of nitro groups is 1. The number of carbonyl (C=O) groups is 1. The van der Waals surface area contributed by atoms with Crippen molar-refractivity contribution < 1.29 is 9.72 Å². The molecule has 7 heteroatoms. The molecule has 138 valence electrons. The number of nitrogens with zero attached hydrogens (tertiary/aromatic N) is 2. The molecule has 0 bridgehead atoms. The van der Waals surface area contributed by atoms with Gasteiger partial charge in [0.05, 0.1) is 16.0 Å². The first-order chi connectivity index (χ1) is 13.6. The number of carbonyl (C=O) groups excluding carboxylic acids is 1. The molecule has 0 aliphatic heterocycles. The van der Waals surface area contributed by atoms with Crippen LogP contribution in [0.2, 0.25) is 0 Å². The number of nitro benzene ring substituents is 1. The maximum atomic E-state index is 12.3. The van der Waals surface area contributed by atoms with Gasteiger partial charge in [-0.2, -0.15) is 0 Å². The number of hydrogen-bond donors (Lipinski definition) is 2. The van der Waals surface area contributed by atoms with E-state index in [1.54, 1.807) is 6.07 Å². The summed E-state index contributed by atoms with van der Waals surface area (Å²) in [5.74, 6) is 0.297. The summed E-state index contributed by atoms with van der Waals surface area (Å²) in [6, 6.07) is 21.3. The highest BCUT2D eigenvalue weighted by Gasteiger charge is 2.18. The van der Waals surface area contributed by atoms with Gasteiger partial charge in [0.25, 0.3) is 11.6 Å². The molecular formula is C21H16N4O3. The van der Waals surface area contributed by atoms with Crippen molar-refractivity contribution in [3.8, 4) is 11.4 Å². The predicted molar refractivity (Wildman–Crippen MR) is 106 cm³/mol. The maximum absolute atomic E-state index is 12.3. The van der Waals surface area contributed by atoms with E-state index >= 15 is 0 Å². The van der Waals surface area contributed by atoms with Crippen molar-refractivity contribution in [2.24, 2.45) is 0 Å². The van der Waals surface area contributed by atoms with Gasteiger partial charge >= 0.3 is 0 Å². The molecule has 0 radical (unpaired) electrons. The molecule has 2 N–H and O–H groups in total. The zero-order valence-electron chi connectivity index (χ0n) is 14.8. The molecule has 0 saturated carbocycles. The lowest BCUT2D eigenvalue weighted by Gasteiger charge is -2.06. The molecule has 0 aliphatic carbocycles. The van der Waals surface area contributed by atoms with Crippen LogP contribution in [0.25, 0.3) is 22.4 Å². The van der Waals surface area contributed by atoms with Crippen LogP contribution in [0.15, 0.2) is 72.8 Å². The molecule has 0 atom stereocenters. The maximum Gasteiger partial charge on any atom is 0.282 e. The van der Waals surface area contributed by atoms with E-state index in [4.69, 9.17) is 0 Å². The summed E-state index contributed by atoms with van der Waals surface area (Å²) < 4.78 is 0. The number of rotatable bonds is 5. The average Bonchev–Trinajstić information content (AvgIpc) is 3.16. The van der Waals surface area contributed by atoms with Gasteiger partial charge in [0, 0.05) is 18.2 Å². The quantitative estimate of drug-likeness (QED) is 0.407. The van der Waals surface area contributed by atoms with Crippen molar-refractivity contribution in [1.29, 1.82) is 0 Å². The van der Waals surface area contributed by atoms with Gasteiger partial charge in [0.15, 0.2) is 0 Å². The van der Waals surface area contributed by atoms with Crippen LogP contribution in [-0.2, 0) is 6.54 Å². The molecule has 0 fully saturated rings. The van der Waals surface area contributed by atoms with E-state index in [1.807, 2.05) is 48.5 Å². The average molecular weight is 372 g/mol. The monoisotopic (exact) mass is 372 g/mol. The normalized spacial score (nSPS) is 10.7. The Morgan fingerprint density at radius 2 is 1.71 bits per heavy atom. The Kier molecular flexibility index (Phi) is 4.55. The highest BCUT2D eigenvalue weighted by Crippen LogP contribution is 2.21. The number of amides is 1. The Bertz CT molecular complexity index is 1130. The number of hydrogen-bond acceptors (Lipinski definition) is 4. The third kappa shape index (κ3) is 3.45. The smallest absolute Gasteiger partial charge is 0.282 e. The summed E-state index contributed by atoms with van der Waals surface area (Å²) in [5, 5.41) is 13.8. The van der Waals surface area contributed by atoms with Crippen molar-refractivity contribution >= 4 is 22.6 Å². The van der Waals surface area contributed by atoms with Gasteiger partial charge in [-0.15, -0.1) is 0 Å². The largest absolute Gasteiger partial charge is 0.348 e. The van der Waals surface area contributed by atoms with Gasteiger partial charge in [-0.1, -0.05) is 48.5 Å². The van der Waals surface area contributed by atoms with E-state index in [0.29, 0.717) is 0 Å². The first-order valence-electron chi connectivity index (χ1n) is 8.67. The second-order valence-electron chi connectivity index (χ2n) is 6.26. The van der Waals surface area contributed by atoms with Gasteiger partial charge < -0.3 is 10.3 Å². The fraction of sp³-hybridized carbons (Fsp3) is 0.0476. The topological polar surface area (TPSA) is 101 Å². The van der Waals surface area contributed by atoms with Crippen molar-refractivity contribution in [3.05, 3.63) is 94.0 Å². The van der Waals surface area contributed by atoms with Crippen molar-refractivity contribution in [2.45, 2.75) is 6.54 Å². The Morgan fingerprint density at radius 3 is 2.46 bits per heavy atom. The first kappa shape index (κ1) is 17.4. The van der Waals surface area contributed by atoms with Crippen molar-refractivity contribution in [1.82, 2.24) is 15.3 Å². The first-order valence-corrected chi connectivity index (χ1v) is 8.67. The number of nitrogens with one attached hydrogen (secondary N) is 2. The van der Waals surface area contributed by atoms with Crippen molar-refractivity contribution in [2.75, 3.05) is 0 Å². The van der Waals surface area contributed by atoms with Crippen LogP contribution in [0.3, 0.4) is 0 Å². The Labute approximate surface area is 160 Å². The van der Waals surface area contributed by atoms with Gasteiger partial charge in [0.1, 0.15) is 11.4 Å². The zero-order valence-corrected chi connectivity index (χ0v) is 14.8. The third-order valence-electron chi connectivity index (χ3n) is 4.42. The fourth-order valence-corrected chi connectivity index (χ4v) is 2.97. The number of aromatic nitrogens is 2. The molecule has 4 rings (SSSR count). The second-order valence-corrected chi connectivity index (χ2v) is 6.26. The van der Waals surface area contributed by atoms with E-state index in [2.05, 4.69) is 15.3 Å². The highest BCUT2D eigenvalue weighted by molar-refractivity contribution is 5.98. The molecule has 0 aliphatic rings. The second kappa shape index (κ2) is 7.32. The molecule has 0 unspecified atom stereocenters. The van der Waals surface area contributed by atoms with E-state index in [1.165, 1.54) is 18.2 Å². The molecule has 28 heavy (non-hydrogen) atoms. The Morgan fingerprint density at radius 1 is 1.00 bits per heavy atom. The van der Waals surface area contributed by atoms with Gasteiger partial charge in [-0.3, -0.25) is 14.9 Å².